The average Bonchev–Trinajstić information content (AvgIpc) is 3.46. The van der Waals surface area contributed by atoms with Crippen LogP contribution in [0.4, 0.5) is 5.69 Å². The van der Waals surface area contributed by atoms with Crippen LogP contribution in [0.25, 0.3) is 44.4 Å². The van der Waals surface area contributed by atoms with Crippen LogP contribution in [0.5, 0.6) is 0 Å². The van der Waals surface area contributed by atoms with E-state index in [1.54, 1.807) is 18.6 Å². The van der Waals surface area contributed by atoms with Crippen molar-refractivity contribution in [1.82, 2.24) is 29.1 Å². The van der Waals surface area contributed by atoms with Crippen molar-refractivity contribution >= 4 is 27.9 Å². The number of rotatable bonds is 3. The molecule has 0 amide bonds. The molecule has 8 nitrogen and oxygen atoms in total. The fraction of sp³-hybridized carbons (Fsp3) is 0.208. The first-order chi connectivity index (χ1) is 15.8. The van der Waals surface area contributed by atoms with Gasteiger partial charge in [0.1, 0.15) is 17.7 Å². The molecule has 5 aromatic rings. The Morgan fingerprint density at radius 3 is 2.62 bits per heavy atom. The average molecular weight is 421 g/mol. The molecule has 6 rings (SSSR count). The van der Waals surface area contributed by atoms with E-state index in [1.165, 1.54) is 0 Å². The van der Waals surface area contributed by atoms with E-state index in [0.717, 1.165) is 59.6 Å². The van der Waals surface area contributed by atoms with E-state index in [9.17, 15) is 0 Å². The molecular formula is C24H19N7O. The van der Waals surface area contributed by atoms with Gasteiger partial charge in [-0.25, -0.2) is 19.8 Å². The molecule has 3 aromatic heterocycles. The van der Waals surface area contributed by atoms with E-state index in [0.29, 0.717) is 11.6 Å². The van der Waals surface area contributed by atoms with Crippen LogP contribution in [0.3, 0.4) is 0 Å². The van der Waals surface area contributed by atoms with Gasteiger partial charge in [-0.2, -0.15) is 4.98 Å². The molecule has 0 saturated carbocycles. The van der Waals surface area contributed by atoms with Crippen molar-refractivity contribution in [1.29, 1.82) is 0 Å². The van der Waals surface area contributed by atoms with Crippen molar-refractivity contribution in [3.8, 4) is 17.3 Å². The lowest BCUT2D eigenvalue weighted by atomic mass is 10.1. The van der Waals surface area contributed by atoms with Crippen LogP contribution in [0, 0.1) is 6.57 Å². The topological polar surface area (TPSA) is 75.0 Å². The minimum atomic E-state index is 0.250. The summed E-state index contributed by atoms with van der Waals surface area (Å²) in [6, 6.07) is 15.9. The Hall–Kier alpha value is -4.09. The maximum absolute atomic E-state index is 7.32. The summed E-state index contributed by atoms with van der Waals surface area (Å²) in [6.07, 6.45) is 5.29. The molecule has 0 N–H and O–H groups in total. The molecule has 8 heteroatoms. The molecule has 0 spiro atoms. The van der Waals surface area contributed by atoms with Gasteiger partial charge in [0.2, 0.25) is 5.95 Å². The highest BCUT2D eigenvalue weighted by Gasteiger charge is 2.24. The van der Waals surface area contributed by atoms with Crippen molar-refractivity contribution in [2.24, 2.45) is 0 Å². The van der Waals surface area contributed by atoms with Gasteiger partial charge in [-0.05, 0) is 25.0 Å². The van der Waals surface area contributed by atoms with E-state index in [1.807, 2.05) is 34.9 Å². The number of aromatic nitrogens is 6. The highest BCUT2D eigenvalue weighted by Crippen LogP contribution is 2.32. The first kappa shape index (κ1) is 18.7. The Balaban J connectivity index is 1.57. The standard InChI is InChI=1S/C24H19N7O/c1-25-17-7-8-19-21(13-17)30(15-27-19)24-26-14-20-23(29-24)31(18-9-11-32-12-10-18)22(28-20)16-5-3-2-4-6-16/h2-8,13-15,18H,9-12H2. The SMILES string of the molecule is [C-]#[N+]c1ccc2ncn(-c3ncc4nc(-c5ccccc5)n(C5CCOCC5)c4n3)c2c1. The summed E-state index contributed by atoms with van der Waals surface area (Å²) in [4.78, 5) is 22.4. The second-order valence-electron chi connectivity index (χ2n) is 7.79. The predicted molar refractivity (Wildman–Crippen MR) is 121 cm³/mol. The molecule has 1 aliphatic rings. The zero-order valence-corrected chi connectivity index (χ0v) is 17.2. The van der Waals surface area contributed by atoms with Gasteiger partial charge in [0.05, 0.1) is 23.8 Å². The third-order valence-corrected chi connectivity index (χ3v) is 5.88. The fourth-order valence-electron chi connectivity index (χ4n) is 4.30. The Labute approximate surface area is 184 Å². The lowest BCUT2D eigenvalue weighted by Gasteiger charge is -2.25. The molecule has 1 aliphatic heterocycles. The van der Waals surface area contributed by atoms with E-state index < -0.39 is 0 Å². The zero-order valence-electron chi connectivity index (χ0n) is 17.2. The maximum atomic E-state index is 7.32. The molecule has 4 heterocycles. The summed E-state index contributed by atoms with van der Waals surface area (Å²) in [5.74, 6) is 1.40. The van der Waals surface area contributed by atoms with Gasteiger partial charge < -0.3 is 9.30 Å². The van der Waals surface area contributed by atoms with Gasteiger partial charge in [-0.3, -0.25) is 4.57 Å². The van der Waals surface area contributed by atoms with Gasteiger partial charge >= 0.3 is 0 Å². The van der Waals surface area contributed by atoms with Crippen LogP contribution in [0.1, 0.15) is 18.9 Å². The first-order valence-corrected chi connectivity index (χ1v) is 10.5. The minimum absolute atomic E-state index is 0.250. The smallest absolute Gasteiger partial charge is 0.237 e. The van der Waals surface area contributed by atoms with Crippen molar-refractivity contribution in [3.05, 3.63) is 72.5 Å². The van der Waals surface area contributed by atoms with Gasteiger partial charge in [0, 0.05) is 24.8 Å². The monoisotopic (exact) mass is 421 g/mol. The number of imidazole rings is 2. The van der Waals surface area contributed by atoms with E-state index >= 15 is 0 Å². The number of fused-ring (bicyclic) bond motifs is 2. The summed E-state index contributed by atoms with van der Waals surface area (Å²) in [7, 11) is 0. The third kappa shape index (κ3) is 3.02. The summed E-state index contributed by atoms with van der Waals surface area (Å²) in [5.41, 5.74) is 4.75. The highest BCUT2D eigenvalue weighted by atomic mass is 16.5. The van der Waals surface area contributed by atoms with E-state index in [-0.39, 0.29) is 6.04 Å². The Morgan fingerprint density at radius 1 is 0.969 bits per heavy atom. The van der Waals surface area contributed by atoms with Crippen LogP contribution in [-0.2, 0) is 4.74 Å². The molecule has 0 atom stereocenters. The van der Waals surface area contributed by atoms with Crippen LogP contribution in [-0.4, -0.2) is 42.3 Å². The van der Waals surface area contributed by atoms with Crippen LogP contribution >= 0.6 is 0 Å². The molecule has 1 fully saturated rings. The van der Waals surface area contributed by atoms with Crippen molar-refractivity contribution in [3.63, 3.8) is 0 Å². The minimum Gasteiger partial charge on any atom is -0.381 e. The number of hydrogen-bond acceptors (Lipinski definition) is 5. The Kier molecular flexibility index (Phi) is 4.40. The summed E-state index contributed by atoms with van der Waals surface area (Å²) >= 11 is 0. The second-order valence-corrected chi connectivity index (χ2v) is 7.79. The summed E-state index contributed by atoms with van der Waals surface area (Å²) in [5, 5.41) is 0. The van der Waals surface area contributed by atoms with Gasteiger partial charge in [0.25, 0.3) is 0 Å². The second kappa shape index (κ2) is 7.55. The van der Waals surface area contributed by atoms with Crippen molar-refractivity contribution < 1.29 is 4.74 Å². The molecule has 0 aliphatic carbocycles. The molecule has 32 heavy (non-hydrogen) atoms. The van der Waals surface area contributed by atoms with Crippen LogP contribution in [0.15, 0.2) is 61.1 Å². The van der Waals surface area contributed by atoms with Crippen molar-refractivity contribution in [2.45, 2.75) is 18.9 Å². The molecular weight excluding hydrogens is 402 g/mol. The fourth-order valence-corrected chi connectivity index (χ4v) is 4.30. The Morgan fingerprint density at radius 2 is 1.81 bits per heavy atom. The van der Waals surface area contributed by atoms with Crippen molar-refractivity contribution in [2.75, 3.05) is 13.2 Å². The molecule has 156 valence electrons. The number of hydrogen-bond donors (Lipinski definition) is 0. The van der Waals surface area contributed by atoms with E-state index in [4.69, 9.17) is 21.3 Å². The van der Waals surface area contributed by atoms with Gasteiger partial charge in [-0.15, -0.1) is 0 Å². The molecule has 2 aromatic carbocycles. The number of ether oxygens (including phenoxy) is 1. The largest absolute Gasteiger partial charge is 0.381 e. The predicted octanol–water partition coefficient (Wildman–Crippen LogP) is 4.73. The number of nitrogens with zero attached hydrogens (tertiary/aromatic N) is 7. The quantitative estimate of drug-likeness (QED) is 0.394. The zero-order chi connectivity index (χ0) is 21.5. The van der Waals surface area contributed by atoms with Gasteiger partial charge in [0.15, 0.2) is 11.3 Å². The molecule has 0 bridgehead atoms. The highest BCUT2D eigenvalue weighted by molar-refractivity contribution is 5.82. The summed E-state index contributed by atoms with van der Waals surface area (Å²) < 4.78 is 9.67. The molecule has 1 saturated heterocycles. The molecule has 0 radical (unpaired) electrons. The maximum Gasteiger partial charge on any atom is 0.237 e. The van der Waals surface area contributed by atoms with Gasteiger partial charge in [-0.1, -0.05) is 36.4 Å². The molecule has 0 unspecified atom stereocenters. The Bertz CT molecular complexity index is 1470. The third-order valence-electron chi connectivity index (χ3n) is 5.88. The first-order valence-electron chi connectivity index (χ1n) is 10.5. The number of benzene rings is 2. The lowest BCUT2D eigenvalue weighted by Crippen LogP contribution is -2.20. The van der Waals surface area contributed by atoms with Crippen LogP contribution in [0.2, 0.25) is 0 Å². The van der Waals surface area contributed by atoms with E-state index in [2.05, 4.69) is 31.5 Å². The van der Waals surface area contributed by atoms with Crippen LogP contribution < -0.4 is 0 Å². The normalized spacial score (nSPS) is 14.7. The lowest BCUT2D eigenvalue weighted by molar-refractivity contribution is 0.0708. The summed E-state index contributed by atoms with van der Waals surface area (Å²) in [6.45, 7) is 8.77.